The van der Waals surface area contributed by atoms with Gasteiger partial charge in [-0.3, -0.25) is 4.79 Å². The summed E-state index contributed by atoms with van der Waals surface area (Å²) in [7, 11) is 1.46. The molecule has 4 N–H and O–H groups in total. The number of carbonyl (C=O) groups is 1. The highest BCUT2D eigenvalue weighted by atomic mass is 16.5. The Labute approximate surface area is 121 Å². The molecule has 0 saturated carbocycles. The highest BCUT2D eigenvalue weighted by Gasteiger charge is 2.14. The number of ether oxygens (including phenoxy) is 1. The summed E-state index contributed by atoms with van der Waals surface area (Å²) in [6, 6.07) is 10.9. The standard InChI is InChI=1S/C15H13N3O3/c1-21-11-3-4-12(14(19)7-11)15(20)18-13-5-2-10(17)6-9(13)8-16/h2-7,19H,17H2,1H3,(H,18,20). The van der Waals surface area contributed by atoms with Gasteiger partial charge in [-0.1, -0.05) is 0 Å². The normalized spacial score (nSPS) is 9.71. The van der Waals surface area contributed by atoms with Crippen LogP contribution in [0.3, 0.4) is 0 Å². The van der Waals surface area contributed by atoms with Crippen LogP contribution >= 0.6 is 0 Å². The van der Waals surface area contributed by atoms with Crippen LogP contribution in [0.4, 0.5) is 11.4 Å². The van der Waals surface area contributed by atoms with E-state index in [0.717, 1.165) is 0 Å². The number of rotatable bonds is 3. The number of nitriles is 1. The Morgan fingerprint density at radius 2 is 2.10 bits per heavy atom. The topological polar surface area (TPSA) is 108 Å². The minimum Gasteiger partial charge on any atom is -0.507 e. The van der Waals surface area contributed by atoms with Crippen molar-refractivity contribution in [2.24, 2.45) is 0 Å². The number of nitrogens with zero attached hydrogens (tertiary/aromatic N) is 1. The highest BCUT2D eigenvalue weighted by Crippen LogP contribution is 2.25. The zero-order chi connectivity index (χ0) is 15.4. The van der Waals surface area contributed by atoms with Crippen LogP contribution in [0, 0.1) is 11.3 Å². The van der Waals surface area contributed by atoms with E-state index in [9.17, 15) is 9.90 Å². The molecule has 21 heavy (non-hydrogen) atoms. The highest BCUT2D eigenvalue weighted by molar-refractivity contribution is 6.06. The Morgan fingerprint density at radius 3 is 2.71 bits per heavy atom. The smallest absolute Gasteiger partial charge is 0.259 e. The number of benzene rings is 2. The van der Waals surface area contributed by atoms with Crippen molar-refractivity contribution in [3.63, 3.8) is 0 Å². The van der Waals surface area contributed by atoms with Gasteiger partial charge >= 0.3 is 0 Å². The fraction of sp³-hybridized carbons (Fsp3) is 0.0667. The first-order valence-electron chi connectivity index (χ1n) is 6.03. The van der Waals surface area contributed by atoms with Gasteiger partial charge in [-0.05, 0) is 30.3 Å². The maximum Gasteiger partial charge on any atom is 0.259 e. The summed E-state index contributed by atoms with van der Waals surface area (Å²) in [5.74, 6) is -0.300. The average molecular weight is 283 g/mol. The average Bonchev–Trinajstić information content (AvgIpc) is 2.48. The summed E-state index contributed by atoms with van der Waals surface area (Å²) in [6.45, 7) is 0. The van der Waals surface area contributed by atoms with Gasteiger partial charge < -0.3 is 20.9 Å². The first-order valence-corrected chi connectivity index (χ1v) is 6.03. The molecule has 106 valence electrons. The predicted octanol–water partition coefficient (Wildman–Crippen LogP) is 2.11. The van der Waals surface area contributed by atoms with Gasteiger partial charge in [-0.2, -0.15) is 5.26 Å². The van der Waals surface area contributed by atoms with Crippen molar-refractivity contribution in [1.82, 2.24) is 0 Å². The van der Waals surface area contributed by atoms with Gasteiger partial charge in [0.2, 0.25) is 0 Å². The van der Waals surface area contributed by atoms with Crippen molar-refractivity contribution < 1.29 is 14.6 Å². The number of amides is 1. The van der Waals surface area contributed by atoms with Crippen molar-refractivity contribution in [1.29, 1.82) is 5.26 Å². The molecular weight excluding hydrogens is 270 g/mol. The predicted molar refractivity (Wildman–Crippen MR) is 78.2 cm³/mol. The molecule has 0 bridgehead atoms. The molecule has 0 aliphatic carbocycles. The SMILES string of the molecule is COc1ccc(C(=O)Nc2ccc(N)cc2C#N)c(O)c1. The molecule has 0 atom stereocenters. The molecule has 6 nitrogen and oxygen atoms in total. The lowest BCUT2D eigenvalue weighted by Crippen LogP contribution is -2.13. The number of methoxy groups -OCH3 is 1. The van der Waals surface area contributed by atoms with Gasteiger partial charge in [0.25, 0.3) is 5.91 Å². The fourth-order valence-electron chi connectivity index (χ4n) is 1.78. The molecule has 0 spiro atoms. The van der Waals surface area contributed by atoms with Crippen molar-refractivity contribution in [3.05, 3.63) is 47.5 Å². The Kier molecular flexibility index (Phi) is 3.95. The van der Waals surface area contributed by atoms with Crippen LogP contribution in [-0.2, 0) is 0 Å². The number of phenolic OH excluding ortho intramolecular Hbond substituents is 1. The quantitative estimate of drug-likeness (QED) is 0.747. The van der Waals surface area contributed by atoms with Crippen molar-refractivity contribution in [2.75, 3.05) is 18.2 Å². The van der Waals surface area contributed by atoms with E-state index in [1.54, 1.807) is 12.1 Å². The Morgan fingerprint density at radius 1 is 1.33 bits per heavy atom. The lowest BCUT2D eigenvalue weighted by molar-refractivity contribution is 0.102. The number of carbonyl (C=O) groups excluding carboxylic acids is 1. The van der Waals surface area contributed by atoms with E-state index >= 15 is 0 Å². The molecule has 6 heteroatoms. The molecule has 0 aliphatic rings. The summed E-state index contributed by atoms with van der Waals surface area (Å²) in [5.41, 5.74) is 6.66. The number of nitrogen functional groups attached to an aromatic ring is 1. The molecule has 0 saturated heterocycles. The largest absolute Gasteiger partial charge is 0.507 e. The molecular formula is C15H13N3O3. The second-order valence-corrected chi connectivity index (χ2v) is 4.25. The third kappa shape index (κ3) is 3.04. The second kappa shape index (κ2) is 5.84. The van der Waals surface area contributed by atoms with Crippen molar-refractivity contribution in [3.8, 4) is 17.6 Å². The molecule has 0 aliphatic heterocycles. The van der Waals surface area contributed by atoms with Crippen LogP contribution in [-0.4, -0.2) is 18.1 Å². The molecule has 0 fully saturated rings. The molecule has 2 aromatic carbocycles. The molecule has 2 aromatic rings. The molecule has 0 unspecified atom stereocenters. The minimum absolute atomic E-state index is 0.0801. The van der Waals surface area contributed by atoms with Gasteiger partial charge in [0.1, 0.15) is 17.6 Å². The Hall–Kier alpha value is -3.20. The molecule has 0 radical (unpaired) electrons. The van der Waals surface area contributed by atoms with Crippen LogP contribution in [0.15, 0.2) is 36.4 Å². The third-order valence-corrected chi connectivity index (χ3v) is 2.86. The van der Waals surface area contributed by atoms with E-state index < -0.39 is 5.91 Å². The zero-order valence-corrected chi connectivity index (χ0v) is 11.3. The number of aromatic hydroxyl groups is 1. The fourth-order valence-corrected chi connectivity index (χ4v) is 1.78. The van der Waals surface area contributed by atoms with Gasteiger partial charge in [-0.15, -0.1) is 0 Å². The van der Waals surface area contributed by atoms with E-state index in [1.807, 2.05) is 6.07 Å². The van der Waals surface area contributed by atoms with Gasteiger partial charge in [0, 0.05) is 11.8 Å². The molecule has 0 heterocycles. The number of hydrogen-bond acceptors (Lipinski definition) is 5. The Balaban J connectivity index is 2.29. The molecule has 2 rings (SSSR count). The van der Waals surface area contributed by atoms with Crippen LogP contribution < -0.4 is 15.8 Å². The number of nitrogens with two attached hydrogens (primary N) is 1. The summed E-state index contributed by atoms with van der Waals surface area (Å²) >= 11 is 0. The monoisotopic (exact) mass is 283 g/mol. The van der Waals surface area contributed by atoms with E-state index in [4.69, 9.17) is 15.7 Å². The van der Waals surface area contributed by atoms with E-state index in [-0.39, 0.29) is 16.9 Å². The first kappa shape index (κ1) is 14.2. The van der Waals surface area contributed by atoms with Gasteiger partial charge in [0.15, 0.2) is 0 Å². The number of phenols is 1. The van der Waals surface area contributed by atoms with Crippen LogP contribution in [0.5, 0.6) is 11.5 Å². The second-order valence-electron chi connectivity index (χ2n) is 4.25. The first-order chi connectivity index (χ1) is 10.0. The maximum absolute atomic E-state index is 12.1. The van der Waals surface area contributed by atoms with Crippen molar-refractivity contribution >= 4 is 17.3 Å². The van der Waals surface area contributed by atoms with E-state index in [0.29, 0.717) is 17.1 Å². The maximum atomic E-state index is 12.1. The van der Waals surface area contributed by atoms with Gasteiger partial charge in [0.05, 0.1) is 23.9 Å². The third-order valence-electron chi connectivity index (χ3n) is 2.86. The van der Waals surface area contributed by atoms with Gasteiger partial charge in [-0.25, -0.2) is 0 Å². The number of nitrogens with one attached hydrogen (secondary N) is 1. The Bertz CT molecular complexity index is 735. The van der Waals surface area contributed by atoms with Crippen LogP contribution in [0.1, 0.15) is 15.9 Å². The lowest BCUT2D eigenvalue weighted by atomic mass is 10.1. The lowest BCUT2D eigenvalue weighted by Gasteiger charge is -2.09. The molecule has 0 aromatic heterocycles. The summed E-state index contributed by atoms with van der Waals surface area (Å²) < 4.78 is 4.95. The molecule has 1 amide bonds. The van der Waals surface area contributed by atoms with E-state index in [2.05, 4.69) is 5.32 Å². The summed E-state index contributed by atoms with van der Waals surface area (Å²) in [4.78, 5) is 12.1. The number of hydrogen-bond donors (Lipinski definition) is 3. The number of anilines is 2. The minimum atomic E-state index is -0.531. The van der Waals surface area contributed by atoms with Crippen molar-refractivity contribution in [2.45, 2.75) is 0 Å². The zero-order valence-electron chi connectivity index (χ0n) is 11.3. The van der Waals surface area contributed by atoms with E-state index in [1.165, 1.54) is 31.4 Å². The summed E-state index contributed by atoms with van der Waals surface area (Å²) in [6.07, 6.45) is 0. The summed E-state index contributed by atoms with van der Waals surface area (Å²) in [5, 5.41) is 21.4. The van der Waals surface area contributed by atoms with Crippen LogP contribution in [0.2, 0.25) is 0 Å². The van der Waals surface area contributed by atoms with Crippen LogP contribution in [0.25, 0.3) is 0 Å².